The number of likely N-dealkylation sites (tertiary alicyclic amines) is 1. The van der Waals surface area contributed by atoms with Gasteiger partial charge in [-0.05, 0) is 56.2 Å². The first-order chi connectivity index (χ1) is 14.8. The number of β-amino-alcohol motifs (C(OH)–C–C–N with tert-alkyl or cyclic N) is 1. The molecule has 0 radical (unpaired) electrons. The van der Waals surface area contributed by atoms with Crippen molar-refractivity contribution in [2.24, 2.45) is 0 Å². The third-order valence-corrected chi connectivity index (χ3v) is 7.13. The van der Waals surface area contributed by atoms with Crippen LogP contribution in [-0.2, 0) is 0 Å². The molecule has 0 unspecified atom stereocenters. The molecule has 1 spiro atoms. The summed E-state index contributed by atoms with van der Waals surface area (Å²) in [6.45, 7) is 8.36. The fourth-order valence-electron chi connectivity index (χ4n) is 5.05. The first-order valence-electron chi connectivity index (χ1n) is 11.2. The second-order valence-electron chi connectivity index (χ2n) is 9.43. The Morgan fingerprint density at radius 2 is 1.87 bits per heavy atom. The molecule has 1 fully saturated rings. The van der Waals surface area contributed by atoms with E-state index in [1.807, 2.05) is 25.3 Å². The van der Waals surface area contributed by atoms with E-state index in [2.05, 4.69) is 41.9 Å². The van der Waals surface area contributed by atoms with E-state index in [0.29, 0.717) is 13.0 Å². The highest BCUT2D eigenvalue weighted by molar-refractivity contribution is 6.00. The van der Waals surface area contributed by atoms with Crippen LogP contribution in [0, 0.1) is 20.8 Å². The molecule has 2 aromatic carbocycles. The minimum absolute atomic E-state index is 0.187. The number of aryl methyl sites for hydroxylation is 3. The number of carbonyl (C=O) groups is 1. The fraction of sp³-hybridized carbons (Fsp3) is 0.423. The lowest BCUT2D eigenvalue weighted by atomic mass is 9.82. The summed E-state index contributed by atoms with van der Waals surface area (Å²) in [7, 11) is 0. The zero-order valence-electron chi connectivity index (χ0n) is 18.5. The number of carbonyl (C=O) groups excluding carboxylic acids is 1. The predicted molar refractivity (Wildman–Crippen MR) is 122 cm³/mol. The van der Waals surface area contributed by atoms with Crippen LogP contribution in [0.2, 0.25) is 0 Å². The van der Waals surface area contributed by atoms with Crippen LogP contribution in [0.3, 0.4) is 0 Å². The van der Waals surface area contributed by atoms with Crippen molar-refractivity contribution in [3.8, 4) is 5.75 Å². The van der Waals surface area contributed by atoms with Gasteiger partial charge in [-0.25, -0.2) is 0 Å². The van der Waals surface area contributed by atoms with E-state index in [1.54, 1.807) is 0 Å². The van der Waals surface area contributed by atoms with E-state index in [9.17, 15) is 9.90 Å². The quantitative estimate of drug-likeness (QED) is 0.651. The number of benzene rings is 2. The number of aliphatic hydroxyl groups is 1. The number of rotatable bonds is 3. The normalized spacial score (nSPS) is 19.4. The molecule has 5 rings (SSSR count). The summed E-state index contributed by atoms with van der Waals surface area (Å²) in [5.74, 6) is 0.925. The zero-order chi connectivity index (χ0) is 21.8. The van der Waals surface area contributed by atoms with E-state index >= 15 is 0 Å². The van der Waals surface area contributed by atoms with E-state index in [-0.39, 0.29) is 5.78 Å². The number of fused-ring (bicyclic) bond motifs is 2. The van der Waals surface area contributed by atoms with Gasteiger partial charge in [-0.2, -0.15) is 0 Å². The van der Waals surface area contributed by atoms with Crippen LogP contribution in [0.5, 0.6) is 5.75 Å². The van der Waals surface area contributed by atoms with Gasteiger partial charge in [-0.3, -0.25) is 4.79 Å². The van der Waals surface area contributed by atoms with Crippen molar-refractivity contribution in [1.82, 2.24) is 9.88 Å². The van der Waals surface area contributed by atoms with Gasteiger partial charge in [0.05, 0.1) is 18.1 Å². The molecule has 2 N–H and O–H groups in total. The Kier molecular flexibility index (Phi) is 4.91. The number of aliphatic hydroxyl groups excluding tert-OH is 1. The van der Waals surface area contributed by atoms with Crippen LogP contribution >= 0.6 is 0 Å². The number of aromatic nitrogens is 1. The van der Waals surface area contributed by atoms with E-state index in [0.717, 1.165) is 64.8 Å². The molecule has 0 aliphatic carbocycles. The summed E-state index contributed by atoms with van der Waals surface area (Å²) in [6, 6.07) is 10.2. The maximum atomic E-state index is 12.9. The minimum atomic E-state index is -0.551. The summed E-state index contributed by atoms with van der Waals surface area (Å²) in [4.78, 5) is 18.4. The number of piperidine rings is 1. The van der Waals surface area contributed by atoms with E-state index in [4.69, 9.17) is 4.74 Å². The molecular weight excluding hydrogens is 388 g/mol. The third kappa shape index (κ3) is 3.66. The van der Waals surface area contributed by atoms with Crippen molar-refractivity contribution >= 4 is 16.7 Å². The first-order valence-corrected chi connectivity index (χ1v) is 11.2. The number of hydrogen-bond acceptors (Lipinski definition) is 4. The van der Waals surface area contributed by atoms with Crippen molar-refractivity contribution in [3.63, 3.8) is 0 Å². The maximum absolute atomic E-state index is 12.9. The van der Waals surface area contributed by atoms with Crippen molar-refractivity contribution in [2.45, 2.75) is 51.7 Å². The number of nitrogens with zero attached hydrogens (tertiary/aromatic N) is 1. The smallest absolute Gasteiger partial charge is 0.170 e. The standard InChI is InChI=1S/C26H30N2O3/c1-16-4-5-22-19(10-16)21(14-27-22)24(30)15-28-8-6-26(7-9-28)13-23(29)20-11-17(2)18(3)12-25(20)31-26/h4-5,10-12,14,24,27,30H,6-9,13,15H2,1-3H3/t24-/m1/s1. The van der Waals surface area contributed by atoms with Crippen molar-refractivity contribution in [1.29, 1.82) is 0 Å². The molecule has 1 atom stereocenters. The average molecular weight is 419 g/mol. The summed E-state index contributed by atoms with van der Waals surface area (Å²) in [5.41, 5.74) is 5.77. The van der Waals surface area contributed by atoms with Crippen LogP contribution in [0.1, 0.15) is 58.0 Å². The molecule has 2 aliphatic heterocycles. The van der Waals surface area contributed by atoms with Gasteiger partial charge in [0, 0.05) is 55.1 Å². The second-order valence-corrected chi connectivity index (χ2v) is 9.43. The largest absolute Gasteiger partial charge is 0.486 e. The molecular formula is C26H30N2O3. The van der Waals surface area contributed by atoms with Crippen molar-refractivity contribution < 1.29 is 14.6 Å². The molecule has 31 heavy (non-hydrogen) atoms. The highest BCUT2D eigenvalue weighted by Crippen LogP contribution is 2.40. The Morgan fingerprint density at radius 3 is 2.65 bits per heavy atom. The molecule has 1 saturated heterocycles. The van der Waals surface area contributed by atoms with Gasteiger partial charge in [-0.15, -0.1) is 0 Å². The van der Waals surface area contributed by atoms with Gasteiger partial charge in [0.25, 0.3) is 0 Å². The van der Waals surface area contributed by atoms with Crippen molar-refractivity contribution in [2.75, 3.05) is 19.6 Å². The maximum Gasteiger partial charge on any atom is 0.170 e. The SMILES string of the molecule is Cc1ccc2[nH]cc([C@H](O)CN3CCC4(CC3)CC(=O)c3cc(C)c(C)cc3O4)c2c1. The van der Waals surface area contributed by atoms with Crippen LogP contribution in [0.15, 0.2) is 36.5 Å². The first kappa shape index (κ1) is 20.3. The summed E-state index contributed by atoms with van der Waals surface area (Å²) in [5, 5.41) is 12.0. The van der Waals surface area contributed by atoms with Gasteiger partial charge >= 0.3 is 0 Å². The number of hydrogen-bond donors (Lipinski definition) is 2. The number of ether oxygens (including phenoxy) is 1. The monoisotopic (exact) mass is 418 g/mol. The molecule has 0 saturated carbocycles. The van der Waals surface area contributed by atoms with Crippen LogP contribution in [0.4, 0.5) is 0 Å². The molecule has 3 aromatic rings. The Labute approximate surface area is 183 Å². The van der Waals surface area contributed by atoms with Crippen LogP contribution < -0.4 is 4.74 Å². The average Bonchev–Trinajstić information content (AvgIpc) is 3.15. The fourth-order valence-corrected chi connectivity index (χ4v) is 5.05. The molecule has 5 nitrogen and oxygen atoms in total. The summed E-state index contributed by atoms with van der Waals surface area (Å²) >= 11 is 0. The summed E-state index contributed by atoms with van der Waals surface area (Å²) in [6.07, 6.45) is 3.41. The Morgan fingerprint density at radius 1 is 1.13 bits per heavy atom. The van der Waals surface area contributed by atoms with Crippen LogP contribution in [0.25, 0.3) is 10.9 Å². The van der Waals surface area contributed by atoms with E-state index < -0.39 is 11.7 Å². The lowest BCUT2D eigenvalue weighted by molar-refractivity contribution is -0.0182. The van der Waals surface area contributed by atoms with Crippen LogP contribution in [-0.4, -0.2) is 46.0 Å². The third-order valence-electron chi connectivity index (χ3n) is 7.13. The second kappa shape index (κ2) is 7.50. The molecule has 2 aliphatic rings. The number of nitrogens with one attached hydrogen (secondary N) is 1. The lowest BCUT2D eigenvalue weighted by Crippen LogP contribution is -2.51. The number of H-pyrrole nitrogens is 1. The van der Waals surface area contributed by atoms with Gasteiger partial charge in [0.1, 0.15) is 11.4 Å². The highest BCUT2D eigenvalue weighted by atomic mass is 16.5. The van der Waals surface area contributed by atoms with Crippen molar-refractivity contribution in [3.05, 3.63) is 64.3 Å². The predicted octanol–water partition coefficient (Wildman–Crippen LogP) is 4.63. The Bertz CT molecular complexity index is 1150. The number of Topliss-reactive ketones (excluding diaryl/α,β-unsaturated/α-hetero) is 1. The summed E-state index contributed by atoms with van der Waals surface area (Å²) < 4.78 is 6.45. The Balaban J connectivity index is 1.27. The molecule has 5 heteroatoms. The molecule has 1 aromatic heterocycles. The molecule has 0 amide bonds. The Hall–Kier alpha value is -2.63. The molecule has 162 valence electrons. The lowest BCUT2D eigenvalue weighted by Gasteiger charge is -2.44. The topological polar surface area (TPSA) is 65.6 Å². The van der Waals surface area contributed by atoms with E-state index in [1.165, 1.54) is 5.56 Å². The van der Waals surface area contributed by atoms with Gasteiger partial charge in [0.15, 0.2) is 5.78 Å². The van der Waals surface area contributed by atoms with Gasteiger partial charge < -0.3 is 19.7 Å². The number of ketones is 1. The zero-order valence-corrected chi connectivity index (χ0v) is 18.5. The molecule has 0 bridgehead atoms. The molecule has 3 heterocycles. The van der Waals surface area contributed by atoms with Gasteiger partial charge in [-0.1, -0.05) is 11.6 Å². The van der Waals surface area contributed by atoms with Gasteiger partial charge in [0.2, 0.25) is 0 Å². The minimum Gasteiger partial charge on any atom is -0.486 e. The number of aromatic amines is 1. The highest BCUT2D eigenvalue weighted by Gasteiger charge is 2.43.